The second-order valence-electron chi connectivity index (χ2n) is 2.63. The molecule has 0 amide bonds. The number of benzene rings is 1. The lowest BCUT2D eigenvalue weighted by molar-refractivity contribution is 0.322. The van der Waals surface area contributed by atoms with Crippen LogP contribution >= 0.6 is 0 Å². The third-order valence-electron chi connectivity index (χ3n) is 1.67. The largest absolute Gasteiger partial charge is 0.326 e. The number of rotatable bonds is 4. The van der Waals surface area contributed by atoms with E-state index in [-0.39, 0.29) is 13.2 Å². The Morgan fingerprint density at radius 3 is 2.64 bits per heavy atom. The van der Waals surface area contributed by atoms with Crippen molar-refractivity contribution in [2.45, 2.75) is 13.2 Å². The van der Waals surface area contributed by atoms with Gasteiger partial charge in [-0.15, -0.1) is 0 Å². The zero-order valence-electron chi connectivity index (χ0n) is 7.27. The number of thiol groups is 1. The Morgan fingerprint density at radius 2 is 2.14 bits per heavy atom. The maximum atomic E-state index is 13.1. The molecule has 0 atom stereocenters. The topological polar surface area (TPSA) is 69.4 Å². The average molecular weight is 219 g/mol. The van der Waals surface area contributed by atoms with Crippen molar-refractivity contribution in [3.05, 3.63) is 35.1 Å². The summed E-state index contributed by atoms with van der Waals surface area (Å²) < 4.78 is 37.6. The van der Waals surface area contributed by atoms with Crippen molar-refractivity contribution in [2.75, 3.05) is 0 Å². The summed E-state index contributed by atoms with van der Waals surface area (Å²) in [6.45, 7) is -0.0384. The van der Waals surface area contributed by atoms with Crippen LogP contribution in [0.1, 0.15) is 11.1 Å². The van der Waals surface area contributed by atoms with Crippen molar-refractivity contribution >= 4 is 11.0 Å². The molecule has 78 valence electrons. The maximum absolute atomic E-state index is 13.1. The van der Waals surface area contributed by atoms with E-state index in [1.54, 1.807) is 6.07 Å². The normalized spacial score (nSPS) is 10.8. The summed E-state index contributed by atoms with van der Waals surface area (Å²) in [4.78, 5) is 0. The van der Waals surface area contributed by atoms with Crippen LogP contribution < -0.4 is 5.73 Å². The van der Waals surface area contributed by atoms with Crippen molar-refractivity contribution in [3.8, 4) is 0 Å². The van der Waals surface area contributed by atoms with Crippen molar-refractivity contribution in [1.29, 1.82) is 0 Å². The van der Waals surface area contributed by atoms with Gasteiger partial charge in [-0.3, -0.25) is 4.18 Å². The highest BCUT2D eigenvalue weighted by atomic mass is 32.2. The summed E-state index contributed by atoms with van der Waals surface area (Å²) >= 11 is 0. The monoisotopic (exact) mass is 219 g/mol. The SMILES string of the molecule is NCc1ccc(CO[SH](=O)=O)cc1F. The zero-order valence-corrected chi connectivity index (χ0v) is 8.17. The number of hydrogen-bond donors (Lipinski definition) is 2. The first-order valence-electron chi connectivity index (χ1n) is 3.88. The molecule has 2 N–H and O–H groups in total. The highest BCUT2D eigenvalue weighted by Gasteiger charge is 2.02. The van der Waals surface area contributed by atoms with Gasteiger partial charge in [0.25, 0.3) is 11.0 Å². The highest BCUT2D eigenvalue weighted by molar-refractivity contribution is 7.67. The average Bonchev–Trinajstić information content (AvgIpc) is 2.15. The predicted molar refractivity (Wildman–Crippen MR) is 49.4 cm³/mol. The molecule has 0 fully saturated rings. The van der Waals surface area contributed by atoms with Gasteiger partial charge in [0.05, 0.1) is 6.61 Å². The van der Waals surface area contributed by atoms with Crippen LogP contribution in [0, 0.1) is 5.82 Å². The highest BCUT2D eigenvalue weighted by Crippen LogP contribution is 2.10. The molecule has 1 aromatic carbocycles. The molecule has 0 bridgehead atoms. The van der Waals surface area contributed by atoms with Gasteiger partial charge >= 0.3 is 0 Å². The third kappa shape index (κ3) is 3.06. The molecule has 0 spiro atoms. The minimum atomic E-state index is -2.89. The summed E-state index contributed by atoms with van der Waals surface area (Å²) in [5, 5.41) is 0. The Kier molecular flexibility index (Phi) is 3.99. The quantitative estimate of drug-likeness (QED) is 0.716. The molecule has 0 saturated heterocycles. The van der Waals surface area contributed by atoms with Gasteiger partial charge in [0.2, 0.25) is 0 Å². The minimum absolute atomic E-state index is 0.114. The molecule has 0 aliphatic carbocycles. The van der Waals surface area contributed by atoms with E-state index in [9.17, 15) is 12.8 Å². The molecular weight excluding hydrogens is 209 g/mol. The molecule has 0 radical (unpaired) electrons. The lowest BCUT2D eigenvalue weighted by atomic mass is 10.1. The van der Waals surface area contributed by atoms with Gasteiger partial charge in [0.1, 0.15) is 5.82 Å². The van der Waals surface area contributed by atoms with E-state index in [1.165, 1.54) is 12.1 Å². The molecule has 0 heterocycles. The molecular formula is C8H10FNO3S. The Bertz CT molecular complexity index is 384. The molecule has 1 aromatic rings. The van der Waals surface area contributed by atoms with Crippen LogP contribution in [-0.2, 0) is 28.3 Å². The molecule has 1 rings (SSSR count). The summed E-state index contributed by atoms with van der Waals surface area (Å²) in [5.41, 5.74) is 6.10. The number of hydrogen-bond acceptors (Lipinski definition) is 4. The van der Waals surface area contributed by atoms with Gasteiger partial charge in [-0.05, 0) is 11.6 Å². The molecule has 4 nitrogen and oxygen atoms in total. The van der Waals surface area contributed by atoms with Crippen LogP contribution in [0.3, 0.4) is 0 Å². The lowest BCUT2D eigenvalue weighted by Gasteiger charge is -2.02. The van der Waals surface area contributed by atoms with Gasteiger partial charge in [0.15, 0.2) is 0 Å². The second-order valence-corrected chi connectivity index (χ2v) is 3.33. The van der Waals surface area contributed by atoms with Gasteiger partial charge in [-0.1, -0.05) is 12.1 Å². The van der Waals surface area contributed by atoms with Crippen molar-refractivity contribution < 1.29 is 17.0 Å². The maximum Gasteiger partial charge on any atom is 0.257 e. The van der Waals surface area contributed by atoms with E-state index in [4.69, 9.17) is 5.73 Å². The summed E-state index contributed by atoms with van der Waals surface area (Å²) in [6, 6.07) is 4.29. The van der Waals surface area contributed by atoms with Gasteiger partial charge in [0, 0.05) is 12.1 Å². The molecule has 0 aliphatic rings. The smallest absolute Gasteiger partial charge is 0.257 e. The first kappa shape index (κ1) is 11.1. The van der Waals surface area contributed by atoms with Crippen molar-refractivity contribution in [3.63, 3.8) is 0 Å². The summed E-state index contributed by atoms with van der Waals surface area (Å²) in [5.74, 6) is -0.449. The van der Waals surface area contributed by atoms with E-state index in [1.807, 2.05) is 0 Å². The summed E-state index contributed by atoms with van der Waals surface area (Å²) in [7, 11) is -2.89. The van der Waals surface area contributed by atoms with Gasteiger partial charge < -0.3 is 5.73 Å². The molecule has 14 heavy (non-hydrogen) atoms. The molecule has 0 aromatic heterocycles. The van der Waals surface area contributed by atoms with Crippen LogP contribution in [0.2, 0.25) is 0 Å². The molecule has 6 heteroatoms. The lowest BCUT2D eigenvalue weighted by Crippen LogP contribution is -2.01. The van der Waals surface area contributed by atoms with Crippen LogP contribution in [0.4, 0.5) is 4.39 Å². The molecule has 0 unspecified atom stereocenters. The number of nitrogens with two attached hydrogens (primary N) is 1. The van der Waals surface area contributed by atoms with E-state index >= 15 is 0 Å². The molecule has 0 aliphatic heterocycles. The fourth-order valence-electron chi connectivity index (χ4n) is 0.973. The van der Waals surface area contributed by atoms with Crippen LogP contribution in [0.5, 0.6) is 0 Å². The van der Waals surface area contributed by atoms with E-state index in [0.29, 0.717) is 11.1 Å². The first-order chi connectivity index (χ1) is 6.63. The third-order valence-corrected chi connectivity index (χ3v) is 2.01. The first-order valence-corrected chi connectivity index (χ1v) is 4.97. The zero-order chi connectivity index (χ0) is 10.6. The van der Waals surface area contributed by atoms with Crippen LogP contribution in [-0.4, -0.2) is 8.42 Å². The Labute approximate surface area is 82.6 Å². The fraction of sp³-hybridized carbons (Fsp3) is 0.250. The second kappa shape index (κ2) is 5.04. The van der Waals surface area contributed by atoms with Gasteiger partial charge in [-0.25, -0.2) is 12.8 Å². The van der Waals surface area contributed by atoms with Crippen LogP contribution in [0.25, 0.3) is 0 Å². The minimum Gasteiger partial charge on any atom is -0.326 e. The standard InChI is InChI=1S/C8H10FNO3S/c9-8-3-6(5-13-14(11)12)1-2-7(8)4-10/h1-3,14H,4-5,10H2. The van der Waals surface area contributed by atoms with E-state index in [2.05, 4.69) is 4.18 Å². The fourth-order valence-corrected chi connectivity index (χ4v) is 1.23. The van der Waals surface area contributed by atoms with E-state index in [0.717, 1.165) is 0 Å². The Hall–Kier alpha value is -0.980. The molecule has 0 saturated carbocycles. The van der Waals surface area contributed by atoms with Crippen molar-refractivity contribution in [2.24, 2.45) is 5.73 Å². The Morgan fingerprint density at radius 1 is 1.43 bits per heavy atom. The van der Waals surface area contributed by atoms with Crippen molar-refractivity contribution in [1.82, 2.24) is 0 Å². The Balaban J connectivity index is 2.76. The van der Waals surface area contributed by atoms with Crippen LogP contribution in [0.15, 0.2) is 18.2 Å². The van der Waals surface area contributed by atoms with E-state index < -0.39 is 16.8 Å². The van der Waals surface area contributed by atoms with Gasteiger partial charge in [-0.2, -0.15) is 0 Å². The number of halogens is 1. The summed E-state index contributed by atoms with van der Waals surface area (Å²) in [6.07, 6.45) is 0. The predicted octanol–water partition coefficient (Wildman–Crippen LogP) is 0.327.